The van der Waals surface area contributed by atoms with Crippen molar-refractivity contribution in [2.24, 2.45) is 0 Å². The van der Waals surface area contributed by atoms with E-state index in [1.54, 1.807) is 60.5 Å². The van der Waals surface area contributed by atoms with E-state index in [1.165, 1.54) is 0 Å². The van der Waals surface area contributed by atoms with Gasteiger partial charge >= 0.3 is 18.2 Å². The van der Waals surface area contributed by atoms with Crippen molar-refractivity contribution in [3.05, 3.63) is 53.6 Å². The van der Waals surface area contributed by atoms with E-state index in [9.17, 15) is 23.1 Å². The Labute approximate surface area is 215 Å². The third-order valence-corrected chi connectivity index (χ3v) is 4.71. The standard InChI is InChI=1S/C21H25ClN2O6.C2HF3O2/c1-2-27-21(26)23-19-5-3-4-6-20(19)28-13-16(25)11-24-12-18(14-29-24)30-17-9-7-15(22)8-10-17;3-2(4,5)1(6)7/h3-10,16,18,25H,2,11-14H2,1H3,(H,23,26);(H,6,7)/t16-,18+;/m0./s1. The Hall–Kier alpha value is -3.26. The predicted molar refractivity (Wildman–Crippen MR) is 126 cm³/mol. The fraction of sp³-hybridized carbons (Fsp3) is 0.391. The Kier molecular flexibility index (Phi) is 11.7. The zero-order valence-electron chi connectivity index (χ0n) is 19.6. The van der Waals surface area contributed by atoms with Gasteiger partial charge in [-0.2, -0.15) is 18.2 Å². The van der Waals surface area contributed by atoms with E-state index >= 15 is 0 Å². The number of halogens is 4. The van der Waals surface area contributed by atoms with Crippen LogP contribution in [-0.4, -0.2) is 78.6 Å². The first-order valence-corrected chi connectivity index (χ1v) is 11.3. The van der Waals surface area contributed by atoms with Crippen LogP contribution < -0.4 is 14.8 Å². The van der Waals surface area contributed by atoms with E-state index in [4.69, 9.17) is 40.6 Å². The van der Waals surface area contributed by atoms with Crippen molar-refractivity contribution in [3.8, 4) is 11.5 Å². The number of para-hydroxylation sites is 2. The molecular weight excluding hydrogens is 525 g/mol. The number of ether oxygens (including phenoxy) is 3. The molecule has 204 valence electrons. The number of hydrogen-bond acceptors (Lipinski definition) is 8. The summed E-state index contributed by atoms with van der Waals surface area (Å²) in [6, 6.07) is 14.1. The molecule has 2 atom stereocenters. The third-order valence-electron chi connectivity index (χ3n) is 4.45. The number of aliphatic carboxylic acids is 1. The van der Waals surface area contributed by atoms with Gasteiger partial charge in [0.15, 0.2) is 0 Å². The van der Waals surface area contributed by atoms with Crippen LogP contribution in [-0.2, 0) is 14.4 Å². The van der Waals surface area contributed by atoms with Gasteiger partial charge in [0.1, 0.15) is 36.9 Å². The minimum absolute atomic E-state index is 0.0318. The molecule has 10 nitrogen and oxygen atoms in total. The van der Waals surface area contributed by atoms with Crippen LogP contribution in [0.5, 0.6) is 11.5 Å². The van der Waals surface area contributed by atoms with Crippen molar-refractivity contribution >= 4 is 29.4 Å². The quantitative estimate of drug-likeness (QED) is 0.425. The van der Waals surface area contributed by atoms with Gasteiger partial charge in [0.25, 0.3) is 0 Å². The van der Waals surface area contributed by atoms with Gasteiger partial charge in [0.05, 0.1) is 25.4 Å². The number of carboxylic acid groups (broad SMARTS) is 1. The van der Waals surface area contributed by atoms with Crippen LogP contribution in [0, 0.1) is 0 Å². The molecule has 2 aromatic carbocycles. The number of hydrogen-bond donors (Lipinski definition) is 3. The molecule has 2 aromatic rings. The Balaban J connectivity index is 0.000000604. The van der Waals surface area contributed by atoms with E-state index < -0.39 is 24.3 Å². The van der Waals surface area contributed by atoms with Crippen LogP contribution in [0.3, 0.4) is 0 Å². The number of benzene rings is 2. The van der Waals surface area contributed by atoms with Gasteiger partial charge in [-0.1, -0.05) is 23.7 Å². The molecule has 1 heterocycles. The zero-order valence-corrected chi connectivity index (χ0v) is 20.4. The Bertz CT molecular complexity index is 1010. The lowest BCUT2D eigenvalue weighted by Gasteiger charge is -2.19. The van der Waals surface area contributed by atoms with Gasteiger partial charge in [-0.3, -0.25) is 10.2 Å². The minimum atomic E-state index is -5.08. The summed E-state index contributed by atoms with van der Waals surface area (Å²) in [5, 5.41) is 22.4. The Morgan fingerprint density at radius 2 is 1.86 bits per heavy atom. The number of nitrogens with one attached hydrogen (secondary N) is 1. The molecule has 0 aromatic heterocycles. The number of aliphatic hydroxyl groups is 1. The number of aliphatic hydroxyl groups excluding tert-OH is 1. The molecule has 1 amide bonds. The summed E-state index contributed by atoms with van der Waals surface area (Å²) in [5.41, 5.74) is 0.469. The molecule has 14 heteroatoms. The van der Waals surface area contributed by atoms with Crippen molar-refractivity contribution in [2.75, 3.05) is 38.2 Å². The first kappa shape index (κ1) is 30.0. The van der Waals surface area contributed by atoms with Crippen LogP contribution >= 0.6 is 11.6 Å². The van der Waals surface area contributed by atoms with Crippen molar-refractivity contribution in [1.82, 2.24) is 5.06 Å². The lowest BCUT2D eigenvalue weighted by atomic mass is 10.3. The van der Waals surface area contributed by atoms with Gasteiger partial charge in [-0.25, -0.2) is 9.59 Å². The highest BCUT2D eigenvalue weighted by molar-refractivity contribution is 6.30. The molecule has 37 heavy (non-hydrogen) atoms. The van der Waals surface area contributed by atoms with Crippen LogP contribution in [0.25, 0.3) is 0 Å². The molecular formula is C23H26ClF3N2O8. The number of β-amino-alcohol motifs (C(OH)–C–C–N with tert-alkyl or cyclic N) is 1. The fourth-order valence-electron chi connectivity index (χ4n) is 2.87. The molecule has 0 unspecified atom stereocenters. The van der Waals surface area contributed by atoms with Crippen molar-refractivity contribution in [2.45, 2.75) is 25.3 Å². The zero-order chi connectivity index (χ0) is 27.4. The van der Waals surface area contributed by atoms with Gasteiger partial charge in [0, 0.05) is 5.02 Å². The van der Waals surface area contributed by atoms with Crippen LogP contribution in [0.2, 0.25) is 5.02 Å². The topological polar surface area (TPSA) is 127 Å². The SMILES string of the molecule is CCOC(=O)Nc1ccccc1OC[C@@H](O)CN1C[C@@H](Oc2ccc(Cl)cc2)CO1.O=C(O)C(F)(F)F. The van der Waals surface area contributed by atoms with Gasteiger partial charge in [0.2, 0.25) is 0 Å². The average molecular weight is 551 g/mol. The van der Waals surface area contributed by atoms with Crippen molar-refractivity contribution in [3.63, 3.8) is 0 Å². The van der Waals surface area contributed by atoms with Crippen LogP contribution in [0.15, 0.2) is 48.5 Å². The number of carbonyl (C=O) groups excluding carboxylic acids is 1. The maximum atomic E-state index is 11.6. The molecule has 0 spiro atoms. The predicted octanol–water partition coefficient (Wildman–Crippen LogP) is 3.98. The number of alkyl halides is 3. The number of anilines is 1. The smallest absolute Gasteiger partial charge is 0.489 e. The van der Waals surface area contributed by atoms with Crippen molar-refractivity contribution in [1.29, 1.82) is 0 Å². The summed E-state index contributed by atoms with van der Waals surface area (Å²) in [4.78, 5) is 26.1. The van der Waals surface area contributed by atoms with Crippen LogP contribution in [0.4, 0.5) is 23.7 Å². The first-order chi connectivity index (χ1) is 17.5. The van der Waals surface area contributed by atoms with Crippen LogP contribution in [0.1, 0.15) is 6.92 Å². The highest BCUT2D eigenvalue weighted by Gasteiger charge is 2.38. The highest BCUT2D eigenvalue weighted by atomic mass is 35.5. The summed E-state index contributed by atoms with van der Waals surface area (Å²) in [5.74, 6) is -1.60. The molecule has 1 saturated heterocycles. The number of rotatable bonds is 9. The van der Waals surface area contributed by atoms with Gasteiger partial charge in [-0.15, -0.1) is 0 Å². The minimum Gasteiger partial charge on any atom is -0.489 e. The highest BCUT2D eigenvalue weighted by Crippen LogP contribution is 2.24. The Morgan fingerprint density at radius 3 is 2.49 bits per heavy atom. The van der Waals surface area contributed by atoms with E-state index in [2.05, 4.69) is 5.32 Å². The number of amides is 1. The molecule has 0 saturated carbocycles. The molecule has 0 bridgehead atoms. The molecule has 1 aliphatic rings. The molecule has 3 N–H and O–H groups in total. The normalized spacial score (nSPS) is 16.2. The average Bonchev–Trinajstić information content (AvgIpc) is 3.26. The Morgan fingerprint density at radius 1 is 1.22 bits per heavy atom. The maximum Gasteiger partial charge on any atom is 0.490 e. The number of nitrogens with zero attached hydrogens (tertiary/aromatic N) is 1. The molecule has 1 aliphatic heterocycles. The molecule has 0 radical (unpaired) electrons. The fourth-order valence-corrected chi connectivity index (χ4v) is 3.00. The second kappa shape index (κ2) is 14.5. The number of carbonyl (C=O) groups is 2. The maximum absolute atomic E-state index is 11.6. The van der Waals surface area contributed by atoms with Crippen molar-refractivity contribution < 1.29 is 52.0 Å². The number of carboxylic acids is 1. The second-order valence-corrected chi connectivity index (χ2v) is 7.88. The summed E-state index contributed by atoms with van der Waals surface area (Å²) in [6.07, 6.45) is -6.59. The lowest BCUT2D eigenvalue weighted by Crippen LogP contribution is -2.34. The first-order valence-electron chi connectivity index (χ1n) is 10.9. The molecule has 0 aliphatic carbocycles. The second-order valence-electron chi connectivity index (χ2n) is 7.45. The third kappa shape index (κ3) is 11.1. The largest absolute Gasteiger partial charge is 0.490 e. The van der Waals surface area contributed by atoms with E-state index in [1.807, 2.05) is 0 Å². The van der Waals surface area contributed by atoms with E-state index in [0.717, 1.165) is 0 Å². The molecule has 1 fully saturated rings. The van der Waals surface area contributed by atoms with Gasteiger partial charge in [-0.05, 0) is 43.3 Å². The summed E-state index contributed by atoms with van der Waals surface area (Å²) >= 11 is 5.88. The monoisotopic (exact) mass is 550 g/mol. The van der Waals surface area contributed by atoms with E-state index in [0.29, 0.717) is 35.4 Å². The lowest BCUT2D eigenvalue weighted by molar-refractivity contribution is -0.192. The van der Waals surface area contributed by atoms with E-state index in [-0.39, 0.29) is 25.9 Å². The summed E-state index contributed by atoms with van der Waals surface area (Å²) < 4.78 is 48.1. The summed E-state index contributed by atoms with van der Waals surface area (Å²) in [7, 11) is 0. The molecule has 3 rings (SSSR count). The number of hydroxylamine groups is 2. The van der Waals surface area contributed by atoms with Gasteiger partial charge < -0.3 is 24.4 Å². The summed E-state index contributed by atoms with van der Waals surface area (Å²) in [6.45, 7) is 3.19.